The van der Waals surface area contributed by atoms with Gasteiger partial charge in [-0.25, -0.2) is 0 Å². The van der Waals surface area contributed by atoms with Crippen molar-refractivity contribution < 1.29 is 9.47 Å². The second kappa shape index (κ2) is 7.17. The molecule has 90 valence electrons. The van der Waals surface area contributed by atoms with Crippen molar-refractivity contribution in [3.8, 4) is 0 Å². The Morgan fingerprint density at radius 2 is 2.40 bits per heavy atom. The molecule has 2 unspecified atom stereocenters. The molecule has 0 spiro atoms. The van der Waals surface area contributed by atoms with Gasteiger partial charge in [-0.15, -0.1) is 0 Å². The van der Waals surface area contributed by atoms with Crippen molar-refractivity contribution in [1.29, 1.82) is 0 Å². The molecule has 0 radical (unpaired) electrons. The lowest BCUT2D eigenvalue weighted by molar-refractivity contribution is -0.0538. The fraction of sp³-hybridized carbons (Fsp3) is 1.00. The van der Waals surface area contributed by atoms with E-state index in [0.717, 1.165) is 39.3 Å². The Balaban J connectivity index is 2.42. The molecule has 0 aromatic carbocycles. The molecule has 4 heteroatoms. The van der Waals surface area contributed by atoms with Crippen LogP contribution in [0.4, 0.5) is 0 Å². The molecule has 0 saturated carbocycles. The lowest BCUT2D eigenvalue weighted by Crippen LogP contribution is -2.52. The van der Waals surface area contributed by atoms with Crippen molar-refractivity contribution in [3.63, 3.8) is 0 Å². The Hall–Kier alpha value is -0.160. The highest BCUT2D eigenvalue weighted by molar-refractivity contribution is 4.79. The number of hydrogen-bond acceptors (Lipinski definition) is 4. The molecule has 4 nitrogen and oxygen atoms in total. The van der Waals surface area contributed by atoms with Gasteiger partial charge in [-0.05, 0) is 13.5 Å². The summed E-state index contributed by atoms with van der Waals surface area (Å²) in [7, 11) is 3.75. The number of rotatable bonds is 6. The maximum absolute atomic E-state index is 5.66. The highest BCUT2D eigenvalue weighted by atomic mass is 16.5. The van der Waals surface area contributed by atoms with Gasteiger partial charge < -0.3 is 14.8 Å². The topological polar surface area (TPSA) is 33.7 Å². The summed E-state index contributed by atoms with van der Waals surface area (Å²) in [5, 5.41) is 3.22. The minimum Gasteiger partial charge on any atom is -0.383 e. The van der Waals surface area contributed by atoms with Crippen molar-refractivity contribution in [2.24, 2.45) is 0 Å². The first kappa shape index (κ1) is 12.9. The molecule has 1 heterocycles. The highest BCUT2D eigenvalue weighted by Gasteiger charge is 2.24. The zero-order valence-corrected chi connectivity index (χ0v) is 10.2. The van der Waals surface area contributed by atoms with Crippen molar-refractivity contribution in [2.75, 3.05) is 47.0 Å². The Morgan fingerprint density at radius 1 is 1.60 bits per heavy atom. The molecule has 1 saturated heterocycles. The van der Waals surface area contributed by atoms with Gasteiger partial charge in [-0.3, -0.25) is 4.90 Å². The molecule has 0 aromatic heterocycles. The van der Waals surface area contributed by atoms with Crippen LogP contribution in [0, 0.1) is 0 Å². The van der Waals surface area contributed by atoms with E-state index < -0.39 is 0 Å². The summed E-state index contributed by atoms with van der Waals surface area (Å²) in [6.07, 6.45) is 1.49. The van der Waals surface area contributed by atoms with Crippen molar-refractivity contribution in [1.82, 2.24) is 10.2 Å². The minimum absolute atomic E-state index is 0.398. The average molecular weight is 216 g/mol. The number of ether oxygens (including phenoxy) is 2. The Labute approximate surface area is 92.9 Å². The third-order valence-corrected chi connectivity index (χ3v) is 2.94. The predicted octanol–water partition coefficient (Wildman–Crippen LogP) is 0.332. The van der Waals surface area contributed by atoms with Crippen molar-refractivity contribution in [2.45, 2.75) is 25.5 Å². The first-order valence-electron chi connectivity index (χ1n) is 5.81. The molecule has 0 bridgehead atoms. The van der Waals surface area contributed by atoms with Crippen molar-refractivity contribution >= 4 is 0 Å². The van der Waals surface area contributed by atoms with Crippen LogP contribution in [-0.2, 0) is 9.47 Å². The van der Waals surface area contributed by atoms with Gasteiger partial charge in [0.05, 0.1) is 19.3 Å². The summed E-state index contributed by atoms with van der Waals surface area (Å²) in [6.45, 7) is 6.85. The molecule has 1 rings (SSSR count). The zero-order valence-electron chi connectivity index (χ0n) is 10.2. The van der Waals surface area contributed by atoms with Gasteiger partial charge >= 0.3 is 0 Å². The van der Waals surface area contributed by atoms with E-state index >= 15 is 0 Å². The van der Waals surface area contributed by atoms with E-state index in [-0.39, 0.29) is 0 Å². The molecule has 1 aliphatic heterocycles. The second-order valence-electron chi connectivity index (χ2n) is 4.06. The fourth-order valence-electron chi connectivity index (χ4n) is 2.04. The normalized spacial score (nSPS) is 25.4. The quantitative estimate of drug-likeness (QED) is 0.694. The molecule has 0 aliphatic carbocycles. The van der Waals surface area contributed by atoms with Gasteiger partial charge in [0.2, 0.25) is 0 Å². The lowest BCUT2D eigenvalue weighted by Gasteiger charge is -2.37. The molecule has 0 aromatic rings. The largest absolute Gasteiger partial charge is 0.383 e. The predicted molar refractivity (Wildman–Crippen MR) is 61.2 cm³/mol. The number of nitrogens with zero attached hydrogens (tertiary/aromatic N) is 1. The van der Waals surface area contributed by atoms with E-state index in [2.05, 4.69) is 17.1 Å². The van der Waals surface area contributed by atoms with E-state index in [9.17, 15) is 0 Å². The number of methoxy groups -OCH3 is 1. The standard InChI is InChI=1S/C11H24N2O2/c1-4-11-8-13(5-6-15-11)10(7-12-2)9-14-3/h10-12H,4-9H2,1-3H3. The van der Waals surface area contributed by atoms with Crippen LogP contribution in [-0.4, -0.2) is 64.1 Å². The Morgan fingerprint density at radius 3 is 3.00 bits per heavy atom. The third-order valence-electron chi connectivity index (χ3n) is 2.94. The van der Waals surface area contributed by atoms with Gasteiger partial charge in [0, 0.05) is 32.8 Å². The van der Waals surface area contributed by atoms with Crippen LogP contribution in [0.5, 0.6) is 0 Å². The van der Waals surface area contributed by atoms with Crippen molar-refractivity contribution in [3.05, 3.63) is 0 Å². The maximum atomic E-state index is 5.66. The first-order valence-corrected chi connectivity index (χ1v) is 5.81. The average Bonchev–Trinajstić information content (AvgIpc) is 2.29. The summed E-state index contributed by atoms with van der Waals surface area (Å²) in [5.74, 6) is 0. The van der Waals surface area contributed by atoms with E-state index in [1.807, 2.05) is 7.05 Å². The SMILES string of the molecule is CCC1CN(C(CNC)COC)CCO1. The molecular formula is C11H24N2O2. The van der Waals surface area contributed by atoms with Gasteiger partial charge in [0.1, 0.15) is 0 Å². The van der Waals surface area contributed by atoms with Gasteiger partial charge in [0.15, 0.2) is 0 Å². The minimum atomic E-state index is 0.398. The van der Waals surface area contributed by atoms with Crippen LogP contribution in [0.15, 0.2) is 0 Å². The second-order valence-corrected chi connectivity index (χ2v) is 4.06. The molecule has 15 heavy (non-hydrogen) atoms. The van der Waals surface area contributed by atoms with Crippen LogP contribution >= 0.6 is 0 Å². The fourth-order valence-corrected chi connectivity index (χ4v) is 2.04. The summed E-state index contributed by atoms with van der Waals surface area (Å²) < 4.78 is 10.9. The molecule has 1 aliphatic rings. The lowest BCUT2D eigenvalue weighted by atomic mass is 10.1. The third kappa shape index (κ3) is 4.07. The van der Waals surface area contributed by atoms with Gasteiger partial charge in [-0.2, -0.15) is 0 Å². The summed E-state index contributed by atoms with van der Waals surface area (Å²) >= 11 is 0. The van der Waals surface area contributed by atoms with Crippen LogP contribution in [0.2, 0.25) is 0 Å². The Bertz CT molecular complexity index is 161. The maximum Gasteiger partial charge on any atom is 0.0700 e. The summed E-state index contributed by atoms with van der Waals surface area (Å²) in [4.78, 5) is 2.47. The Kier molecular flexibility index (Phi) is 6.17. The highest BCUT2D eigenvalue weighted by Crippen LogP contribution is 2.11. The van der Waals surface area contributed by atoms with Crippen LogP contribution in [0.25, 0.3) is 0 Å². The number of likely N-dealkylation sites (N-methyl/N-ethyl adjacent to an activating group) is 1. The zero-order chi connectivity index (χ0) is 11.1. The van der Waals surface area contributed by atoms with Crippen LogP contribution in [0.1, 0.15) is 13.3 Å². The van der Waals surface area contributed by atoms with Crippen LogP contribution < -0.4 is 5.32 Å². The smallest absolute Gasteiger partial charge is 0.0700 e. The van der Waals surface area contributed by atoms with Crippen LogP contribution in [0.3, 0.4) is 0 Å². The monoisotopic (exact) mass is 216 g/mol. The first-order chi connectivity index (χ1) is 7.31. The summed E-state index contributed by atoms with van der Waals surface area (Å²) in [5.41, 5.74) is 0. The molecule has 2 atom stereocenters. The number of nitrogens with one attached hydrogen (secondary N) is 1. The summed E-state index contributed by atoms with van der Waals surface area (Å²) in [6, 6.07) is 0.470. The van der Waals surface area contributed by atoms with Gasteiger partial charge in [-0.1, -0.05) is 6.92 Å². The van der Waals surface area contributed by atoms with E-state index in [4.69, 9.17) is 9.47 Å². The number of hydrogen-bond donors (Lipinski definition) is 1. The molecule has 1 fully saturated rings. The van der Waals surface area contributed by atoms with Gasteiger partial charge in [0.25, 0.3) is 0 Å². The molecule has 1 N–H and O–H groups in total. The molecule has 0 amide bonds. The number of morpholine rings is 1. The van der Waals surface area contributed by atoms with E-state index in [1.54, 1.807) is 7.11 Å². The molecular weight excluding hydrogens is 192 g/mol. The van der Waals surface area contributed by atoms with E-state index in [1.165, 1.54) is 0 Å². The van der Waals surface area contributed by atoms with E-state index in [0.29, 0.717) is 12.1 Å².